The Kier molecular flexibility index (Phi) is 14.0. The van der Waals surface area contributed by atoms with Crippen LogP contribution in [0.25, 0.3) is 0 Å². The molecule has 1 heterocycles. The summed E-state index contributed by atoms with van der Waals surface area (Å²) in [5.74, 6) is 0. The van der Waals surface area contributed by atoms with Gasteiger partial charge in [0.2, 0.25) is 0 Å². The lowest BCUT2D eigenvalue weighted by Gasteiger charge is -2.40. The summed E-state index contributed by atoms with van der Waals surface area (Å²) < 4.78 is 5.95. The van der Waals surface area contributed by atoms with E-state index in [0.717, 1.165) is 54.4 Å². The van der Waals surface area contributed by atoms with Crippen LogP contribution in [0, 0.1) is 6.92 Å². The molecule has 7 atom stereocenters. The van der Waals surface area contributed by atoms with Gasteiger partial charge in [0.15, 0.2) is 0 Å². The van der Waals surface area contributed by atoms with Gasteiger partial charge in [-0.15, -0.1) is 11.8 Å². The van der Waals surface area contributed by atoms with Crippen LogP contribution in [0.5, 0.6) is 0 Å². The van der Waals surface area contributed by atoms with E-state index in [4.69, 9.17) is 14.9 Å². The van der Waals surface area contributed by atoms with Crippen LogP contribution in [0.1, 0.15) is 53.2 Å². The lowest BCUT2D eigenvalue weighted by atomic mass is 9.91. The molecular formula is C31H47NO8S. The summed E-state index contributed by atoms with van der Waals surface area (Å²) >= 11 is 1.30. The lowest BCUT2D eigenvalue weighted by molar-refractivity contribution is -0.200. The highest BCUT2D eigenvalue weighted by atomic mass is 32.2. The molecule has 0 amide bonds. The second-order valence-corrected chi connectivity index (χ2v) is 12.0. The highest BCUT2D eigenvalue weighted by Crippen LogP contribution is 2.36. The van der Waals surface area contributed by atoms with Gasteiger partial charge >= 0.3 is 0 Å². The fourth-order valence-corrected chi connectivity index (χ4v) is 5.90. The average molecular weight is 594 g/mol. The maximum atomic E-state index is 10.6. The number of unbranched alkanes of at least 4 members (excludes halogenated alkanes) is 2. The van der Waals surface area contributed by atoms with E-state index in [-0.39, 0.29) is 26.3 Å². The molecule has 10 heteroatoms. The number of nitrogens with zero attached hydrogens (tertiary/aromatic N) is 1. The van der Waals surface area contributed by atoms with Crippen LogP contribution in [0.4, 0.5) is 0 Å². The predicted molar refractivity (Wildman–Crippen MR) is 160 cm³/mol. The van der Waals surface area contributed by atoms with E-state index in [0.29, 0.717) is 6.54 Å². The molecule has 1 aliphatic heterocycles. The van der Waals surface area contributed by atoms with Crippen molar-refractivity contribution in [2.75, 3.05) is 39.1 Å². The zero-order chi connectivity index (χ0) is 29.9. The van der Waals surface area contributed by atoms with Gasteiger partial charge in [0, 0.05) is 13.1 Å². The normalized spacial score (nSPS) is 24.5. The predicted octanol–water partition coefficient (Wildman–Crippen LogP) is 1.15. The molecule has 230 valence electrons. The molecule has 41 heavy (non-hydrogen) atoms. The molecule has 0 radical (unpaired) electrons. The molecule has 2 unspecified atom stereocenters. The van der Waals surface area contributed by atoms with E-state index in [9.17, 15) is 25.5 Å². The Morgan fingerprint density at radius 2 is 1.46 bits per heavy atom. The third kappa shape index (κ3) is 10.00. The third-order valence-corrected chi connectivity index (χ3v) is 8.57. The Bertz CT molecular complexity index is 1030. The molecule has 0 aliphatic carbocycles. The first-order valence-corrected chi connectivity index (χ1v) is 15.7. The maximum Gasteiger partial charge on any atom is 0.132 e. The topological polar surface area (TPSA) is 154 Å². The summed E-state index contributed by atoms with van der Waals surface area (Å²) in [5.41, 5.74) is 4.80. The van der Waals surface area contributed by atoms with Crippen molar-refractivity contribution in [2.45, 2.75) is 81.1 Å². The number of rotatable bonds is 16. The van der Waals surface area contributed by atoms with Gasteiger partial charge < -0.3 is 40.5 Å². The summed E-state index contributed by atoms with van der Waals surface area (Å²) in [6.07, 6.45) is 0.221. The molecule has 3 rings (SSSR count). The van der Waals surface area contributed by atoms with E-state index in [1.54, 1.807) is 6.26 Å². The number of aryl methyl sites for hydroxylation is 2. The molecule has 1 saturated heterocycles. The van der Waals surface area contributed by atoms with E-state index in [1.807, 2.05) is 30.0 Å². The number of benzene rings is 2. The Hall–Kier alpha value is -1.57. The van der Waals surface area contributed by atoms with Crippen molar-refractivity contribution in [3.8, 4) is 0 Å². The molecular weight excluding hydrogens is 546 g/mol. The number of aliphatic hydroxyl groups excluding tert-OH is 7. The second-order valence-electron chi connectivity index (χ2n) is 11.1. The van der Waals surface area contributed by atoms with Crippen molar-refractivity contribution < 1.29 is 40.5 Å². The molecule has 2 aromatic carbocycles. The molecule has 2 aromatic rings. The van der Waals surface area contributed by atoms with Crippen LogP contribution in [0.3, 0.4) is 0 Å². The molecule has 0 aromatic heterocycles. The monoisotopic (exact) mass is 593 g/mol. The first-order chi connectivity index (χ1) is 19.7. The Morgan fingerprint density at radius 3 is 2.07 bits per heavy atom. The quantitative estimate of drug-likeness (QED) is 0.141. The van der Waals surface area contributed by atoms with Gasteiger partial charge in [-0.05, 0) is 73.2 Å². The van der Waals surface area contributed by atoms with Crippen LogP contribution in [-0.2, 0) is 17.6 Å². The minimum Gasteiger partial charge on any atom is -0.394 e. The van der Waals surface area contributed by atoms with Gasteiger partial charge in [-0.3, -0.25) is 4.90 Å². The van der Waals surface area contributed by atoms with Gasteiger partial charge in [0.1, 0.15) is 29.9 Å². The van der Waals surface area contributed by atoms with E-state index in [1.165, 1.54) is 17.3 Å². The van der Waals surface area contributed by atoms with Crippen molar-refractivity contribution in [2.24, 2.45) is 0 Å². The Morgan fingerprint density at radius 1 is 0.829 bits per heavy atom. The average Bonchev–Trinajstić information content (AvgIpc) is 2.97. The van der Waals surface area contributed by atoms with Crippen molar-refractivity contribution in [1.82, 2.24) is 4.90 Å². The van der Waals surface area contributed by atoms with Gasteiger partial charge in [-0.2, -0.15) is 0 Å². The van der Waals surface area contributed by atoms with Gasteiger partial charge in [-0.1, -0.05) is 48.9 Å². The third-order valence-electron chi connectivity index (χ3n) is 7.72. The number of aliphatic hydroxyl groups is 7. The minimum absolute atomic E-state index is 0.259. The van der Waals surface area contributed by atoms with E-state index in [2.05, 4.69) is 24.3 Å². The Labute approximate surface area is 247 Å². The second kappa shape index (κ2) is 16.9. The zero-order valence-corrected chi connectivity index (χ0v) is 24.9. The van der Waals surface area contributed by atoms with Crippen molar-refractivity contribution >= 4 is 11.8 Å². The van der Waals surface area contributed by atoms with Crippen LogP contribution < -0.4 is 0 Å². The molecule has 0 saturated carbocycles. The maximum absolute atomic E-state index is 10.6. The fourth-order valence-electron chi connectivity index (χ4n) is 5.23. The van der Waals surface area contributed by atoms with Crippen LogP contribution >= 0.6 is 11.8 Å². The van der Waals surface area contributed by atoms with Gasteiger partial charge in [-0.25, -0.2) is 0 Å². The first-order valence-electron chi connectivity index (χ1n) is 14.4. The highest BCUT2D eigenvalue weighted by molar-refractivity contribution is 7.99. The number of hydrogen-bond acceptors (Lipinski definition) is 10. The molecule has 0 bridgehead atoms. The summed E-state index contributed by atoms with van der Waals surface area (Å²) in [7, 11) is 0. The summed E-state index contributed by atoms with van der Waals surface area (Å²) in [6.45, 7) is 2.57. The van der Waals surface area contributed by atoms with E-state index < -0.39 is 42.1 Å². The van der Waals surface area contributed by atoms with Gasteiger partial charge in [0.05, 0.1) is 25.4 Å². The number of hydrogen-bond donors (Lipinski definition) is 7. The largest absolute Gasteiger partial charge is 0.394 e. The standard InChI is InChI=1S/C31H47NO8S/c1-20-7-12-23(30-28(38)27(37)29(39)31(40-30)41-2)15-24(20)14-22-10-8-21(9-11-22)6-4-3-5-13-32(16-25(35)18-33)17-26(36)19-34/h7-12,15,25-31,33-39H,3-6,13-14,16-19H2,1-2H3/t25?,26?,27-,28-,29+,30+,31-/m1/s1. The summed E-state index contributed by atoms with van der Waals surface area (Å²) in [5, 5.41) is 68.8. The van der Waals surface area contributed by atoms with Crippen LogP contribution in [0.2, 0.25) is 0 Å². The molecule has 1 fully saturated rings. The first kappa shape index (κ1) is 33.9. The zero-order valence-electron chi connectivity index (χ0n) is 24.0. The highest BCUT2D eigenvalue weighted by Gasteiger charge is 2.44. The number of ether oxygens (including phenoxy) is 1. The molecule has 9 nitrogen and oxygen atoms in total. The van der Waals surface area contributed by atoms with Gasteiger partial charge in [0.25, 0.3) is 0 Å². The SMILES string of the molecule is CS[C@H]1O[C@@H](c2ccc(C)c(Cc3ccc(CCCCCN(CC(O)CO)CC(O)CO)cc3)c2)[C@H](O)[C@@H](O)[C@@H]1O. The fraction of sp³-hybridized carbons (Fsp3) is 0.613. The lowest BCUT2D eigenvalue weighted by Crippen LogP contribution is -2.52. The van der Waals surface area contributed by atoms with Crippen molar-refractivity contribution in [1.29, 1.82) is 0 Å². The minimum atomic E-state index is -1.28. The molecule has 0 spiro atoms. The number of thioether (sulfide) groups is 1. The van der Waals surface area contributed by atoms with E-state index >= 15 is 0 Å². The van der Waals surface area contributed by atoms with Crippen LogP contribution in [-0.4, -0.2) is 116 Å². The van der Waals surface area contributed by atoms with Crippen molar-refractivity contribution in [3.63, 3.8) is 0 Å². The molecule has 1 aliphatic rings. The summed E-state index contributed by atoms with van der Waals surface area (Å²) in [6, 6.07) is 14.5. The summed E-state index contributed by atoms with van der Waals surface area (Å²) in [4.78, 5) is 1.88. The molecule has 7 N–H and O–H groups in total. The van der Waals surface area contributed by atoms with Crippen molar-refractivity contribution in [3.05, 3.63) is 70.3 Å². The van der Waals surface area contributed by atoms with Crippen LogP contribution in [0.15, 0.2) is 42.5 Å². The smallest absolute Gasteiger partial charge is 0.132 e. The Balaban J connectivity index is 1.52.